The SMILES string of the molecule is CCc1ccc2oc(-c3ccc(O)cc3)nc2c1. The Hall–Kier alpha value is -2.29. The third kappa shape index (κ3) is 1.84. The molecule has 3 aromatic rings. The van der Waals surface area contributed by atoms with E-state index in [0.29, 0.717) is 5.89 Å². The summed E-state index contributed by atoms with van der Waals surface area (Å²) >= 11 is 0. The molecule has 0 fully saturated rings. The fourth-order valence-electron chi connectivity index (χ4n) is 1.92. The lowest BCUT2D eigenvalue weighted by Crippen LogP contribution is -1.78. The van der Waals surface area contributed by atoms with E-state index in [4.69, 9.17) is 4.42 Å². The Balaban J connectivity index is 2.10. The fraction of sp³-hybridized carbons (Fsp3) is 0.133. The number of nitrogens with zero attached hydrogens (tertiary/aromatic N) is 1. The molecule has 2 aromatic carbocycles. The summed E-state index contributed by atoms with van der Waals surface area (Å²) in [6.45, 7) is 2.11. The zero-order valence-electron chi connectivity index (χ0n) is 10.1. The molecule has 3 heteroatoms. The first kappa shape index (κ1) is 10.8. The highest BCUT2D eigenvalue weighted by Crippen LogP contribution is 2.26. The molecule has 90 valence electrons. The van der Waals surface area contributed by atoms with Crippen LogP contribution in [-0.4, -0.2) is 10.1 Å². The highest BCUT2D eigenvalue weighted by atomic mass is 16.3. The Morgan fingerprint density at radius 2 is 1.89 bits per heavy atom. The topological polar surface area (TPSA) is 46.3 Å². The fourth-order valence-corrected chi connectivity index (χ4v) is 1.92. The van der Waals surface area contributed by atoms with Gasteiger partial charge in [-0.1, -0.05) is 13.0 Å². The van der Waals surface area contributed by atoms with Crippen LogP contribution in [0, 0.1) is 0 Å². The minimum absolute atomic E-state index is 0.239. The van der Waals surface area contributed by atoms with E-state index < -0.39 is 0 Å². The molecule has 0 saturated heterocycles. The van der Waals surface area contributed by atoms with Crippen LogP contribution in [0.3, 0.4) is 0 Å². The monoisotopic (exact) mass is 239 g/mol. The van der Waals surface area contributed by atoms with Gasteiger partial charge in [-0.05, 0) is 48.4 Å². The van der Waals surface area contributed by atoms with Crippen LogP contribution in [0.2, 0.25) is 0 Å². The summed E-state index contributed by atoms with van der Waals surface area (Å²) in [5.41, 5.74) is 3.77. The standard InChI is InChI=1S/C15H13NO2/c1-2-10-3-8-14-13(9-10)16-15(18-14)11-4-6-12(17)7-5-11/h3-9,17H,2H2,1H3. The number of fused-ring (bicyclic) bond motifs is 1. The Kier molecular flexibility index (Phi) is 2.52. The van der Waals surface area contributed by atoms with Crippen molar-refractivity contribution in [3.8, 4) is 17.2 Å². The quantitative estimate of drug-likeness (QED) is 0.740. The predicted octanol–water partition coefficient (Wildman–Crippen LogP) is 3.76. The van der Waals surface area contributed by atoms with E-state index in [2.05, 4.69) is 11.9 Å². The minimum atomic E-state index is 0.239. The van der Waals surface area contributed by atoms with Gasteiger partial charge < -0.3 is 9.52 Å². The van der Waals surface area contributed by atoms with Crippen molar-refractivity contribution in [2.45, 2.75) is 13.3 Å². The van der Waals surface area contributed by atoms with Crippen molar-refractivity contribution >= 4 is 11.1 Å². The molecule has 18 heavy (non-hydrogen) atoms. The predicted molar refractivity (Wildman–Crippen MR) is 70.5 cm³/mol. The number of benzene rings is 2. The van der Waals surface area contributed by atoms with Gasteiger partial charge in [0.1, 0.15) is 11.3 Å². The zero-order valence-corrected chi connectivity index (χ0v) is 10.1. The summed E-state index contributed by atoms with van der Waals surface area (Å²) in [6.07, 6.45) is 0.983. The van der Waals surface area contributed by atoms with Gasteiger partial charge in [0.05, 0.1) is 0 Å². The first-order chi connectivity index (χ1) is 8.76. The third-order valence-electron chi connectivity index (χ3n) is 2.97. The summed E-state index contributed by atoms with van der Waals surface area (Å²) in [7, 11) is 0. The number of aryl methyl sites for hydroxylation is 1. The summed E-state index contributed by atoms with van der Waals surface area (Å²) < 4.78 is 5.70. The van der Waals surface area contributed by atoms with Crippen LogP contribution in [0.25, 0.3) is 22.6 Å². The molecule has 0 aliphatic rings. The first-order valence-electron chi connectivity index (χ1n) is 5.95. The van der Waals surface area contributed by atoms with Crippen molar-refractivity contribution in [1.29, 1.82) is 0 Å². The molecule has 1 heterocycles. The average molecular weight is 239 g/mol. The van der Waals surface area contributed by atoms with E-state index in [1.165, 1.54) is 5.56 Å². The second-order valence-corrected chi connectivity index (χ2v) is 4.22. The van der Waals surface area contributed by atoms with Crippen molar-refractivity contribution < 1.29 is 9.52 Å². The lowest BCUT2D eigenvalue weighted by Gasteiger charge is -1.94. The van der Waals surface area contributed by atoms with Crippen molar-refractivity contribution in [3.05, 3.63) is 48.0 Å². The van der Waals surface area contributed by atoms with Crippen LogP contribution >= 0.6 is 0 Å². The number of phenolic OH excluding ortho intramolecular Hbond substituents is 1. The molecule has 1 aromatic heterocycles. The zero-order chi connectivity index (χ0) is 12.5. The van der Waals surface area contributed by atoms with E-state index in [1.54, 1.807) is 24.3 Å². The third-order valence-corrected chi connectivity index (χ3v) is 2.97. The van der Waals surface area contributed by atoms with Crippen molar-refractivity contribution in [2.75, 3.05) is 0 Å². The summed E-state index contributed by atoms with van der Waals surface area (Å²) in [5, 5.41) is 9.26. The molecule has 0 saturated carbocycles. The largest absolute Gasteiger partial charge is 0.508 e. The second-order valence-electron chi connectivity index (χ2n) is 4.22. The highest BCUT2D eigenvalue weighted by Gasteiger charge is 2.08. The normalized spacial score (nSPS) is 10.9. The molecule has 3 rings (SSSR count). The lowest BCUT2D eigenvalue weighted by atomic mass is 10.1. The van der Waals surface area contributed by atoms with Crippen LogP contribution < -0.4 is 0 Å². The van der Waals surface area contributed by atoms with Gasteiger partial charge in [0.25, 0.3) is 0 Å². The van der Waals surface area contributed by atoms with Crippen LogP contribution in [0.5, 0.6) is 5.75 Å². The van der Waals surface area contributed by atoms with Gasteiger partial charge in [0, 0.05) is 5.56 Å². The number of oxazole rings is 1. The second kappa shape index (κ2) is 4.18. The average Bonchev–Trinajstić information content (AvgIpc) is 2.82. The molecule has 0 unspecified atom stereocenters. The Morgan fingerprint density at radius 1 is 1.11 bits per heavy atom. The molecule has 1 N–H and O–H groups in total. The lowest BCUT2D eigenvalue weighted by molar-refractivity contribution is 0.475. The summed E-state index contributed by atoms with van der Waals surface area (Å²) in [5.74, 6) is 0.821. The Morgan fingerprint density at radius 3 is 2.61 bits per heavy atom. The molecule has 0 aliphatic heterocycles. The van der Waals surface area contributed by atoms with Gasteiger partial charge in [-0.2, -0.15) is 0 Å². The van der Waals surface area contributed by atoms with Gasteiger partial charge in [-0.25, -0.2) is 4.98 Å². The molecule has 0 radical (unpaired) electrons. The van der Waals surface area contributed by atoms with Gasteiger partial charge in [0.15, 0.2) is 5.58 Å². The number of hydrogen-bond donors (Lipinski definition) is 1. The molecular formula is C15H13NO2. The van der Waals surface area contributed by atoms with E-state index in [0.717, 1.165) is 23.1 Å². The number of phenols is 1. The number of aromatic nitrogens is 1. The van der Waals surface area contributed by atoms with Crippen molar-refractivity contribution in [1.82, 2.24) is 4.98 Å². The highest BCUT2D eigenvalue weighted by molar-refractivity contribution is 5.77. The van der Waals surface area contributed by atoms with Crippen LogP contribution in [0.15, 0.2) is 46.9 Å². The summed E-state index contributed by atoms with van der Waals surface area (Å²) in [6, 6.07) is 12.9. The molecule has 3 nitrogen and oxygen atoms in total. The van der Waals surface area contributed by atoms with E-state index in [9.17, 15) is 5.11 Å². The maximum Gasteiger partial charge on any atom is 0.227 e. The van der Waals surface area contributed by atoms with Crippen LogP contribution in [-0.2, 0) is 6.42 Å². The minimum Gasteiger partial charge on any atom is -0.508 e. The molecular weight excluding hydrogens is 226 g/mol. The Bertz CT molecular complexity index is 683. The van der Waals surface area contributed by atoms with Gasteiger partial charge in [-0.3, -0.25) is 0 Å². The molecule has 0 bridgehead atoms. The maximum atomic E-state index is 9.26. The number of aromatic hydroxyl groups is 1. The molecule has 0 aliphatic carbocycles. The van der Waals surface area contributed by atoms with E-state index >= 15 is 0 Å². The molecule has 0 amide bonds. The number of rotatable bonds is 2. The maximum absolute atomic E-state index is 9.26. The smallest absolute Gasteiger partial charge is 0.227 e. The van der Waals surface area contributed by atoms with Crippen molar-refractivity contribution in [3.63, 3.8) is 0 Å². The summed E-state index contributed by atoms with van der Waals surface area (Å²) in [4.78, 5) is 4.47. The Labute approximate surface area is 105 Å². The van der Waals surface area contributed by atoms with Crippen molar-refractivity contribution in [2.24, 2.45) is 0 Å². The van der Waals surface area contributed by atoms with E-state index in [-0.39, 0.29) is 5.75 Å². The van der Waals surface area contributed by atoms with E-state index in [1.807, 2.05) is 18.2 Å². The molecule has 0 atom stereocenters. The van der Waals surface area contributed by atoms with Gasteiger partial charge in [-0.15, -0.1) is 0 Å². The number of hydrogen-bond acceptors (Lipinski definition) is 3. The van der Waals surface area contributed by atoms with Crippen LogP contribution in [0.4, 0.5) is 0 Å². The van der Waals surface area contributed by atoms with Crippen LogP contribution in [0.1, 0.15) is 12.5 Å². The van der Waals surface area contributed by atoms with Gasteiger partial charge in [0.2, 0.25) is 5.89 Å². The van der Waals surface area contributed by atoms with Gasteiger partial charge >= 0.3 is 0 Å². The first-order valence-corrected chi connectivity index (χ1v) is 5.95. The molecule has 0 spiro atoms.